The van der Waals surface area contributed by atoms with Crippen molar-refractivity contribution < 1.29 is 18.3 Å². The van der Waals surface area contributed by atoms with Gasteiger partial charge in [0, 0.05) is 12.4 Å². The Morgan fingerprint density at radius 3 is 2.68 bits per heavy atom. The van der Waals surface area contributed by atoms with Crippen molar-refractivity contribution in [2.75, 3.05) is 13.6 Å². The molecule has 0 saturated heterocycles. The number of carbonyl (C=O) groups is 1. The summed E-state index contributed by atoms with van der Waals surface area (Å²) in [4.78, 5) is 17.0. The molecule has 0 N–H and O–H groups in total. The largest absolute Gasteiger partial charge is 0.459 e. The monoisotopic (exact) mass is 275 g/mol. The molecular weight excluding hydrogens is 256 g/mol. The van der Waals surface area contributed by atoms with Crippen molar-refractivity contribution in [3.8, 4) is 0 Å². The molecule has 1 heterocycles. The molecule has 0 aromatic carbocycles. The van der Waals surface area contributed by atoms with Crippen LogP contribution in [0.3, 0.4) is 0 Å². The summed E-state index contributed by atoms with van der Waals surface area (Å²) in [5.74, 6) is -0.189. The predicted octanol–water partition coefficient (Wildman–Crippen LogP) is 2.05. The second kappa shape index (κ2) is 6.10. The second-order valence-electron chi connectivity index (χ2n) is 5.29. The van der Waals surface area contributed by atoms with Crippen molar-refractivity contribution in [2.45, 2.75) is 39.5 Å². The summed E-state index contributed by atoms with van der Waals surface area (Å²) in [6.45, 7) is 2.86. The average molecular weight is 275 g/mol. The van der Waals surface area contributed by atoms with Crippen LogP contribution in [-0.2, 0) is 16.1 Å². The first-order valence-electron chi connectivity index (χ1n) is 5.89. The Morgan fingerprint density at radius 2 is 2.16 bits per heavy atom. The van der Waals surface area contributed by atoms with E-state index >= 15 is 0 Å². The minimum Gasteiger partial charge on any atom is -0.459 e. The van der Waals surface area contributed by atoms with Crippen LogP contribution in [0.4, 0.5) is 8.78 Å². The number of alkyl halides is 2. The normalized spacial score (nSPS) is 12.2. The van der Waals surface area contributed by atoms with E-state index in [1.165, 1.54) is 12.4 Å². The SMILES string of the molecule is CN(CC(=O)OC(C)(C)C)Cc1nccn1C(F)F. The smallest absolute Gasteiger partial charge is 0.320 e. The average Bonchev–Trinajstić information content (AvgIpc) is 2.61. The number of carbonyl (C=O) groups excluding carboxylic acids is 1. The highest BCUT2D eigenvalue weighted by atomic mass is 19.3. The van der Waals surface area contributed by atoms with Gasteiger partial charge in [0.25, 0.3) is 0 Å². The fourth-order valence-electron chi connectivity index (χ4n) is 1.54. The molecule has 0 radical (unpaired) electrons. The van der Waals surface area contributed by atoms with Gasteiger partial charge in [0.05, 0.1) is 13.1 Å². The van der Waals surface area contributed by atoms with Gasteiger partial charge in [-0.1, -0.05) is 0 Å². The molecule has 5 nitrogen and oxygen atoms in total. The maximum atomic E-state index is 12.6. The summed E-state index contributed by atoms with van der Waals surface area (Å²) in [5, 5.41) is 0. The predicted molar refractivity (Wildman–Crippen MR) is 65.7 cm³/mol. The van der Waals surface area contributed by atoms with Crippen LogP contribution >= 0.6 is 0 Å². The van der Waals surface area contributed by atoms with Crippen molar-refractivity contribution in [3.63, 3.8) is 0 Å². The Hall–Kier alpha value is -1.50. The third-order valence-electron chi connectivity index (χ3n) is 2.19. The maximum absolute atomic E-state index is 12.6. The van der Waals surface area contributed by atoms with Gasteiger partial charge in [0.2, 0.25) is 0 Å². The molecule has 0 fully saturated rings. The number of imidazole rings is 1. The van der Waals surface area contributed by atoms with Crippen LogP contribution in [0.1, 0.15) is 33.1 Å². The highest BCUT2D eigenvalue weighted by molar-refractivity contribution is 5.72. The number of hydrogen-bond acceptors (Lipinski definition) is 4. The molecule has 0 saturated carbocycles. The number of halogens is 2. The summed E-state index contributed by atoms with van der Waals surface area (Å²) in [5.41, 5.74) is -0.556. The van der Waals surface area contributed by atoms with Gasteiger partial charge < -0.3 is 4.74 Å². The Labute approximate surface area is 111 Å². The zero-order valence-electron chi connectivity index (χ0n) is 11.6. The van der Waals surface area contributed by atoms with E-state index in [-0.39, 0.29) is 18.9 Å². The van der Waals surface area contributed by atoms with Crippen LogP contribution in [0.2, 0.25) is 0 Å². The minimum absolute atomic E-state index is 0.0212. The lowest BCUT2D eigenvalue weighted by molar-refractivity contribution is -0.155. The zero-order chi connectivity index (χ0) is 14.6. The number of aromatic nitrogens is 2. The van der Waals surface area contributed by atoms with E-state index in [0.29, 0.717) is 0 Å². The molecule has 0 atom stereocenters. The fourth-order valence-corrected chi connectivity index (χ4v) is 1.54. The first kappa shape index (κ1) is 15.6. The summed E-state index contributed by atoms with van der Waals surface area (Å²) < 4.78 is 31.1. The highest BCUT2D eigenvalue weighted by Gasteiger charge is 2.19. The topological polar surface area (TPSA) is 47.4 Å². The minimum atomic E-state index is -2.63. The lowest BCUT2D eigenvalue weighted by Crippen LogP contribution is -2.33. The number of nitrogens with zero attached hydrogens (tertiary/aromatic N) is 3. The van der Waals surface area contributed by atoms with Crippen molar-refractivity contribution in [2.24, 2.45) is 0 Å². The van der Waals surface area contributed by atoms with Gasteiger partial charge in [0.15, 0.2) is 0 Å². The van der Waals surface area contributed by atoms with E-state index < -0.39 is 18.1 Å². The molecule has 0 spiro atoms. The fraction of sp³-hybridized carbons (Fsp3) is 0.667. The summed E-state index contributed by atoms with van der Waals surface area (Å²) in [6, 6.07) is 0. The van der Waals surface area contributed by atoms with Crippen LogP contribution in [-0.4, -0.2) is 39.6 Å². The molecular formula is C12H19F2N3O2. The van der Waals surface area contributed by atoms with Crippen LogP contribution < -0.4 is 0 Å². The summed E-state index contributed by atoms with van der Waals surface area (Å²) in [7, 11) is 1.65. The highest BCUT2D eigenvalue weighted by Crippen LogP contribution is 2.13. The molecule has 1 rings (SSSR count). The molecule has 19 heavy (non-hydrogen) atoms. The van der Waals surface area contributed by atoms with E-state index in [4.69, 9.17) is 4.74 Å². The third-order valence-corrected chi connectivity index (χ3v) is 2.19. The number of hydrogen-bond donors (Lipinski definition) is 0. The van der Waals surface area contributed by atoms with Crippen molar-refractivity contribution >= 4 is 5.97 Å². The Balaban J connectivity index is 2.53. The Morgan fingerprint density at radius 1 is 1.53 bits per heavy atom. The standard InChI is InChI=1S/C12H19F2N3O2/c1-12(2,3)19-10(18)8-16(4)7-9-15-5-6-17(9)11(13)14/h5-6,11H,7-8H2,1-4H3. The van der Waals surface area contributed by atoms with Gasteiger partial charge in [-0.05, 0) is 27.8 Å². The Kier molecular flexibility index (Phi) is 4.99. The van der Waals surface area contributed by atoms with Crippen LogP contribution in [0.5, 0.6) is 0 Å². The maximum Gasteiger partial charge on any atom is 0.320 e. The molecule has 1 aromatic heterocycles. The lowest BCUT2D eigenvalue weighted by atomic mass is 10.2. The second-order valence-corrected chi connectivity index (χ2v) is 5.29. The number of rotatable bonds is 5. The number of ether oxygens (including phenoxy) is 1. The summed E-state index contributed by atoms with van der Waals surface area (Å²) >= 11 is 0. The first-order chi connectivity index (χ1) is 8.69. The van der Waals surface area contributed by atoms with E-state index in [9.17, 15) is 13.6 Å². The van der Waals surface area contributed by atoms with E-state index in [1.54, 1.807) is 32.7 Å². The van der Waals surface area contributed by atoms with Gasteiger partial charge in [0.1, 0.15) is 11.4 Å². The van der Waals surface area contributed by atoms with E-state index in [2.05, 4.69) is 4.98 Å². The molecule has 0 bridgehead atoms. The van der Waals surface area contributed by atoms with Crippen molar-refractivity contribution in [3.05, 3.63) is 18.2 Å². The van der Waals surface area contributed by atoms with Crippen LogP contribution in [0.25, 0.3) is 0 Å². The van der Waals surface area contributed by atoms with Crippen LogP contribution in [0.15, 0.2) is 12.4 Å². The van der Waals surface area contributed by atoms with Gasteiger partial charge in [-0.2, -0.15) is 8.78 Å². The molecule has 0 aliphatic carbocycles. The summed E-state index contributed by atoms with van der Waals surface area (Å²) in [6.07, 6.45) is 2.52. The van der Waals surface area contributed by atoms with Crippen molar-refractivity contribution in [1.29, 1.82) is 0 Å². The molecule has 0 unspecified atom stereocenters. The lowest BCUT2D eigenvalue weighted by Gasteiger charge is -2.22. The van der Waals surface area contributed by atoms with E-state index in [0.717, 1.165) is 4.57 Å². The molecule has 0 amide bonds. The molecule has 108 valence electrons. The van der Waals surface area contributed by atoms with Crippen molar-refractivity contribution in [1.82, 2.24) is 14.5 Å². The molecule has 7 heteroatoms. The van der Waals surface area contributed by atoms with Gasteiger partial charge >= 0.3 is 12.5 Å². The third kappa shape index (κ3) is 5.34. The molecule has 0 aliphatic rings. The molecule has 1 aromatic rings. The van der Waals surface area contributed by atoms with Gasteiger partial charge in [-0.15, -0.1) is 0 Å². The quantitative estimate of drug-likeness (QED) is 0.772. The molecule has 0 aliphatic heterocycles. The first-order valence-corrected chi connectivity index (χ1v) is 5.89. The number of esters is 1. The van der Waals surface area contributed by atoms with E-state index in [1.807, 2.05) is 0 Å². The number of likely N-dealkylation sites (N-methyl/N-ethyl adjacent to an activating group) is 1. The van der Waals surface area contributed by atoms with Crippen LogP contribution in [0, 0.1) is 0 Å². The zero-order valence-corrected chi connectivity index (χ0v) is 11.6. The van der Waals surface area contributed by atoms with Gasteiger partial charge in [-0.25, -0.2) is 4.98 Å². The van der Waals surface area contributed by atoms with Gasteiger partial charge in [-0.3, -0.25) is 14.3 Å². The Bertz CT molecular complexity index is 427.